The van der Waals surface area contributed by atoms with Crippen molar-refractivity contribution in [3.63, 3.8) is 0 Å². The minimum absolute atomic E-state index is 0.609. The number of morpholine rings is 1. The number of anilines is 1. The van der Waals surface area contributed by atoms with Crippen molar-refractivity contribution in [2.75, 3.05) is 31.2 Å². The van der Waals surface area contributed by atoms with E-state index in [1.54, 1.807) is 0 Å². The van der Waals surface area contributed by atoms with Crippen LogP contribution in [0.5, 0.6) is 0 Å². The Balaban J connectivity index is 2.16. The van der Waals surface area contributed by atoms with E-state index in [-0.39, 0.29) is 0 Å². The van der Waals surface area contributed by atoms with Gasteiger partial charge in [0.2, 0.25) is 0 Å². The van der Waals surface area contributed by atoms with Crippen LogP contribution in [0.4, 0.5) is 5.69 Å². The summed E-state index contributed by atoms with van der Waals surface area (Å²) in [5.41, 5.74) is 6.88. The Morgan fingerprint density at radius 3 is 2.82 bits per heavy atom. The second-order valence-electron chi connectivity index (χ2n) is 3.76. The SMILES string of the molecule is NC(=O)C#Cc1cccc(N2CCOCC2)c1. The van der Waals surface area contributed by atoms with Gasteiger partial charge < -0.3 is 15.4 Å². The third-order valence-corrected chi connectivity index (χ3v) is 2.55. The van der Waals surface area contributed by atoms with Crippen molar-refractivity contribution in [3.8, 4) is 11.8 Å². The average Bonchev–Trinajstić information content (AvgIpc) is 2.38. The minimum atomic E-state index is -0.609. The van der Waals surface area contributed by atoms with E-state index in [0.717, 1.165) is 37.6 Å². The molecule has 1 amide bonds. The summed E-state index contributed by atoms with van der Waals surface area (Å²) in [6.45, 7) is 3.26. The van der Waals surface area contributed by atoms with Crippen LogP contribution >= 0.6 is 0 Å². The first kappa shape index (κ1) is 11.5. The van der Waals surface area contributed by atoms with E-state index in [4.69, 9.17) is 10.5 Å². The van der Waals surface area contributed by atoms with E-state index < -0.39 is 5.91 Å². The normalized spacial score (nSPS) is 14.9. The highest BCUT2D eigenvalue weighted by Gasteiger charge is 2.10. The molecule has 1 aliphatic rings. The number of primary amides is 1. The van der Waals surface area contributed by atoms with E-state index in [1.807, 2.05) is 24.3 Å². The number of amides is 1. The standard InChI is InChI=1S/C13H14N2O2/c14-13(16)5-4-11-2-1-3-12(10-11)15-6-8-17-9-7-15/h1-3,10H,6-9H2,(H2,14,16). The van der Waals surface area contributed by atoms with Crippen molar-refractivity contribution in [1.82, 2.24) is 0 Å². The Labute approximate surface area is 100 Å². The first-order valence-corrected chi connectivity index (χ1v) is 5.50. The summed E-state index contributed by atoms with van der Waals surface area (Å²) in [5, 5.41) is 0. The predicted molar refractivity (Wildman–Crippen MR) is 65.5 cm³/mol. The number of rotatable bonds is 1. The number of nitrogens with two attached hydrogens (primary N) is 1. The summed E-state index contributed by atoms with van der Waals surface area (Å²) in [7, 11) is 0. The zero-order valence-electron chi connectivity index (χ0n) is 9.48. The van der Waals surface area contributed by atoms with Crippen molar-refractivity contribution in [1.29, 1.82) is 0 Å². The van der Waals surface area contributed by atoms with Crippen molar-refractivity contribution >= 4 is 11.6 Å². The summed E-state index contributed by atoms with van der Waals surface area (Å²) in [5.74, 6) is 4.47. The van der Waals surface area contributed by atoms with Crippen molar-refractivity contribution in [2.24, 2.45) is 5.73 Å². The molecule has 4 heteroatoms. The Morgan fingerprint density at radius 1 is 1.35 bits per heavy atom. The average molecular weight is 230 g/mol. The molecule has 17 heavy (non-hydrogen) atoms. The Bertz CT molecular complexity index is 468. The highest BCUT2D eigenvalue weighted by atomic mass is 16.5. The quantitative estimate of drug-likeness (QED) is 0.709. The predicted octanol–water partition coefficient (Wildman–Crippen LogP) is 0.360. The Hall–Kier alpha value is -1.99. The van der Waals surface area contributed by atoms with Gasteiger partial charge in [-0.2, -0.15) is 0 Å². The van der Waals surface area contributed by atoms with Gasteiger partial charge in [-0.15, -0.1) is 0 Å². The molecule has 1 saturated heterocycles. The zero-order chi connectivity index (χ0) is 12.1. The molecule has 1 aliphatic heterocycles. The van der Waals surface area contributed by atoms with Gasteiger partial charge in [0, 0.05) is 24.3 Å². The smallest absolute Gasteiger partial charge is 0.293 e. The number of nitrogens with zero attached hydrogens (tertiary/aromatic N) is 1. The minimum Gasteiger partial charge on any atom is -0.378 e. The van der Waals surface area contributed by atoms with Gasteiger partial charge in [0.05, 0.1) is 13.2 Å². The third-order valence-electron chi connectivity index (χ3n) is 2.55. The second kappa shape index (κ2) is 5.37. The lowest BCUT2D eigenvalue weighted by atomic mass is 10.2. The maximum atomic E-state index is 10.6. The fourth-order valence-electron chi connectivity index (χ4n) is 1.74. The molecule has 2 N–H and O–H groups in total. The highest BCUT2D eigenvalue weighted by Crippen LogP contribution is 2.16. The van der Waals surface area contributed by atoms with Crippen LogP contribution in [0, 0.1) is 11.8 Å². The van der Waals surface area contributed by atoms with Gasteiger partial charge in [0.1, 0.15) is 0 Å². The topological polar surface area (TPSA) is 55.6 Å². The molecular formula is C13H14N2O2. The molecule has 88 valence electrons. The molecule has 1 aromatic rings. The number of ether oxygens (including phenoxy) is 1. The lowest BCUT2D eigenvalue weighted by molar-refractivity contribution is -0.112. The summed E-state index contributed by atoms with van der Waals surface area (Å²) < 4.78 is 5.30. The van der Waals surface area contributed by atoms with Crippen LogP contribution in [0.3, 0.4) is 0 Å². The van der Waals surface area contributed by atoms with Crippen LogP contribution in [0.25, 0.3) is 0 Å². The zero-order valence-corrected chi connectivity index (χ0v) is 9.48. The van der Waals surface area contributed by atoms with E-state index >= 15 is 0 Å². The van der Waals surface area contributed by atoms with Crippen LogP contribution in [-0.2, 0) is 9.53 Å². The molecule has 0 atom stereocenters. The number of hydrogen-bond acceptors (Lipinski definition) is 3. The van der Waals surface area contributed by atoms with Crippen molar-refractivity contribution in [2.45, 2.75) is 0 Å². The highest BCUT2D eigenvalue weighted by molar-refractivity contribution is 5.92. The Kier molecular flexibility index (Phi) is 3.63. The van der Waals surface area contributed by atoms with Gasteiger partial charge in [0.25, 0.3) is 5.91 Å². The van der Waals surface area contributed by atoms with E-state index in [9.17, 15) is 4.79 Å². The molecule has 4 nitrogen and oxygen atoms in total. The molecule has 1 fully saturated rings. The molecule has 0 aliphatic carbocycles. The van der Waals surface area contributed by atoms with Gasteiger partial charge in [-0.25, -0.2) is 0 Å². The lowest BCUT2D eigenvalue weighted by Crippen LogP contribution is -2.36. The van der Waals surface area contributed by atoms with Gasteiger partial charge in [-0.05, 0) is 24.1 Å². The third kappa shape index (κ3) is 3.23. The molecular weight excluding hydrogens is 216 g/mol. The van der Waals surface area contributed by atoms with Crippen LogP contribution in [-0.4, -0.2) is 32.2 Å². The number of carbonyl (C=O) groups excluding carboxylic acids is 1. The molecule has 0 radical (unpaired) electrons. The number of benzene rings is 1. The second-order valence-corrected chi connectivity index (χ2v) is 3.76. The van der Waals surface area contributed by atoms with Crippen molar-refractivity contribution in [3.05, 3.63) is 29.8 Å². The van der Waals surface area contributed by atoms with E-state index in [1.165, 1.54) is 0 Å². The molecule has 2 rings (SSSR count). The number of carbonyl (C=O) groups is 1. The monoisotopic (exact) mass is 230 g/mol. The van der Waals surface area contributed by atoms with Crippen LogP contribution in [0.2, 0.25) is 0 Å². The van der Waals surface area contributed by atoms with E-state index in [0.29, 0.717) is 0 Å². The molecule has 0 spiro atoms. The Morgan fingerprint density at radius 2 is 2.12 bits per heavy atom. The molecule has 1 heterocycles. The van der Waals surface area contributed by atoms with Gasteiger partial charge >= 0.3 is 0 Å². The van der Waals surface area contributed by atoms with Crippen LogP contribution in [0.1, 0.15) is 5.56 Å². The van der Waals surface area contributed by atoms with Crippen LogP contribution < -0.4 is 10.6 Å². The first-order chi connectivity index (χ1) is 8.25. The van der Waals surface area contributed by atoms with Crippen LogP contribution in [0.15, 0.2) is 24.3 Å². The fourth-order valence-corrected chi connectivity index (χ4v) is 1.74. The number of hydrogen-bond donors (Lipinski definition) is 1. The summed E-state index contributed by atoms with van der Waals surface area (Å²) in [4.78, 5) is 12.8. The van der Waals surface area contributed by atoms with Crippen molar-refractivity contribution < 1.29 is 9.53 Å². The largest absolute Gasteiger partial charge is 0.378 e. The molecule has 0 unspecified atom stereocenters. The summed E-state index contributed by atoms with van der Waals surface area (Å²) in [6.07, 6.45) is 0. The molecule has 1 aromatic carbocycles. The molecule has 0 bridgehead atoms. The first-order valence-electron chi connectivity index (χ1n) is 5.50. The molecule has 0 saturated carbocycles. The maximum Gasteiger partial charge on any atom is 0.293 e. The van der Waals surface area contributed by atoms with Gasteiger partial charge in [-0.1, -0.05) is 12.0 Å². The van der Waals surface area contributed by atoms with Gasteiger partial charge in [-0.3, -0.25) is 4.79 Å². The molecule has 0 aromatic heterocycles. The van der Waals surface area contributed by atoms with Gasteiger partial charge in [0.15, 0.2) is 0 Å². The fraction of sp³-hybridized carbons (Fsp3) is 0.308. The maximum absolute atomic E-state index is 10.6. The summed E-state index contributed by atoms with van der Waals surface area (Å²) in [6, 6.07) is 7.78. The van der Waals surface area contributed by atoms with E-state index in [2.05, 4.69) is 16.7 Å². The lowest BCUT2D eigenvalue weighted by Gasteiger charge is -2.28. The summed E-state index contributed by atoms with van der Waals surface area (Å²) >= 11 is 0.